The first-order valence-electron chi connectivity index (χ1n) is 8.40. The third-order valence-electron chi connectivity index (χ3n) is 5.90. The van der Waals surface area contributed by atoms with Crippen molar-refractivity contribution in [3.63, 3.8) is 0 Å². The van der Waals surface area contributed by atoms with Gasteiger partial charge in [-0.1, -0.05) is 30.3 Å². The predicted molar refractivity (Wildman–Crippen MR) is 82.9 cm³/mol. The van der Waals surface area contributed by atoms with Gasteiger partial charge in [0.05, 0.1) is 0 Å². The molecule has 1 saturated carbocycles. The Morgan fingerprint density at radius 2 is 1.50 bits per heavy atom. The Morgan fingerprint density at radius 1 is 0.850 bits per heavy atom. The molecule has 0 amide bonds. The summed E-state index contributed by atoms with van der Waals surface area (Å²) >= 11 is 0. The molecule has 2 aliphatic heterocycles. The fraction of sp³-hybridized carbons (Fsp3) is 0.667. The van der Waals surface area contributed by atoms with Gasteiger partial charge in [0.15, 0.2) is 0 Å². The minimum atomic E-state index is 0.816. The summed E-state index contributed by atoms with van der Waals surface area (Å²) in [4.78, 5) is 2.82. The molecule has 20 heavy (non-hydrogen) atoms. The molecule has 2 heterocycles. The minimum absolute atomic E-state index is 0.816. The third-order valence-corrected chi connectivity index (χ3v) is 5.90. The molecule has 3 aliphatic rings. The van der Waals surface area contributed by atoms with Crippen molar-refractivity contribution in [2.75, 3.05) is 26.2 Å². The summed E-state index contributed by atoms with van der Waals surface area (Å²) in [5.74, 6) is 2.71. The molecule has 0 bridgehead atoms. The summed E-state index contributed by atoms with van der Waals surface area (Å²) < 4.78 is 0. The summed E-state index contributed by atoms with van der Waals surface area (Å²) in [5, 5.41) is 3.55. The molecular weight excluding hydrogens is 244 g/mol. The quantitative estimate of drug-likeness (QED) is 0.889. The topological polar surface area (TPSA) is 15.3 Å². The van der Waals surface area contributed by atoms with E-state index in [2.05, 4.69) is 40.5 Å². The van der Waals surface area contributed by atoms with Crippen LogP contribution in [0.4, 0.5) is 0 Å². The number of nitrogens with zero attached hydrogens (tertiary/aromatic N) is 1. The third kappa shape index (κ3) is 2.40. The van der Waals surface area contributed by atoms with Gasteiger partial charge in [0, 0.05) is 19.1 Å². The summed E-state index contributed by atoms with van der Waals surface area (Å²) in [7, 11) is 0. The standard InChI is InChI=1S/C18H26N2/c1-2-4-14(5-3-1)15-6-8-18(9-7-15)20-12-16-10-19-11-17(16)13-20/h1-5,15-19H,6-13H2. The largest absolute Gasteiger partial charge is 0.316 e. The first-order valence-corrected chi connectivity index (χ1v) is 8.40. The molecule has 1 N–H and O–H groups in total. The lowest BCUT2D eigenvalue weighted by molar-refractivity contribution is 0.171. The van der Waals surface area contributed by atoms with Gasteiger partial charge in [0.2, 0.25) is 0 Å². The average Bonchev–Trinajstić information content (AvgIpc) is 3.10. The zero-order valence-corrected chi connectivity index (χ0v) is 12.3. The maximum Gasteiger partial charge on any atom is 0.00959 e. The second kappa shape index (κ2) is 5.50. The Kier molecular flexibility index (Phi) is 3.53. The van der Waals surface area contributed by atoms with Crippen LogP contribution in [0.2, 0.25) is 0 Å². The van der Waals surface area contributed by atoms with Crippen molar-refractivity contribution in [3.8, 4) is 0 Å². The molecule has 2 unspecified atom stereocenters. The van der Waals surface area contributed by atoms with E-state index in [4.69, 9.17) is 0 Å². The Bertz CT molecular complexity index is 424. The Balaban J connectivity index is 1.34. The molecule has 108 valence electrons. The molecule has 2 saturated heterocycles. The van der Waals surface area contributed by atoms with Gasteiger partial charge >= 0.3 is 0 Å². The van der Waals surface area contributed by atoms with Gasteiger partial charge in [0.25, 0.3) is 0 Å². The monoisotopic (exact) mass is 270 g/mol. The van der Waals surface area contributed by atoms with E-state index in [9.17, 15) is 0 Å². The maximum atomic E-state index is 3.55. The van der Waals surface area contributed by atoms with E-state index in [1.807, 2.05) is 0 Å². The molecule has 2 nitrogen and oxygen atoms in total. The number of nitrogens with one attached hydrogen (secondary N) is 1. The lowest BCUT2D eigenvalue weighted by Crippen LogP contribution is -2.38. The van der Waals surface area contributed by atoms with E-state index >= 15 is 0 Å². The first kappa shape index (κ1) is 12.8. The number of benzene rings is 1. The minimum Gasteiger partial charge on any atom is -0.316 e. The smallest absolute Gasteiger partial charge is 0.00959 e. The van der Waals surface area contributed by atoms with Crippen LogP contribution in [-0.4, -0.2) is 37.1 Å². The van der Waals surface area contributed by atoms with E-state index < -0.39 is 0 Å². The van der Waals surface area contributed by atoms with Gasteiger partial charge in [-0.2, -0.15) is 0 Å². The number of hydrogen-bond donors (Lipinski definition) is 1. The fourth-order valence-electron chi connectivity index (χ4n) is 4.69. The fourth-order valence-corrected chi connectivity index (χ4v) is 4.69. The van der Waals surface area contributed by atoms with Gasteiger partial charge in [-0.25, -0.2) is 0 Å². The highest BCUT2D eigenvalue weighted by Gasteiger charge is 2.39. The number of fused-ring (bicyclic) bond motifs is 1. The van der Waals surface area contributed by atoms with E-state index in [1.165, 1.54) is 51.9 Å². The van der Waals surface area contributed by atoms with Crippen molar-refractivity contribution in [2.24, 2.45) is 11.8 Å². The zero-order chi connectivity index (χ0) is 13.4. The van der Waals surface area contributed by atoms with Crippen LogP contribution in [0, 0.1) is 11.8 Å². The van der Waals surface area contributed by atoms with Gasteiger partial charge < -0.3 is 5.32 Å². The molecule has 1 aromatic carbocycles. The highest BCUT2D eigenvalue weighted by atomic mass is 15.2. The van der Waals surface area contributed by atoms with Crippen LogP contribution in [0.1, 0.15) is 37.2 Å². The summed E-state index contributed by atoms with van der Waals surface area (Å²) in [6, 6.07) is 12.0. The van der Waals surface area contributed by atoms with Crippen LogP contribution in [-0.2, 0) is 0 Å². The Morgan fingerprint density at radius 3 is 2.15 bits per heavy atom. The summed E-state index contributed by atoms with van der Waals surface area (Å²) in [5.41, 5.74) is 1.56. The van der Waals surface area contributed by atoms with Gasteiger partial charge in [-0.15, -0.1) is 0 Å². The highest BCUT2D eigenvalue weighted by molar-refractivity contribution is 5.20. The van der Waals surface area contributed by atoms with Crippen molar-refractivity contribution >= 4 is 0 Å². The lowest BCUT2D eigenvalue weighted by atomic mass is 9.81. The van der Waals surface area contributed by atoms with Crippen LogP contribution in [0.5, 0.6) is 0 Å². The molecule has 1 aromatic rings. The molecule has 0 aromatic heterocycles. The van der Waals surface area contributed by atoms with E-state index in [-0.39, 0.29) is 0 Å². The summed E-state index contributed by atoms with van der Waals surface area (Å²) in [6.45, 7) is 5.25. The van der Waals surface area contributed by atoms with Crippen LogP contribution >= 0.6 is 0 Å². The SMILES string of the molecule is c1ccc(C2CCC(N3CC4CNCC4C3)CC2)cc1. The van der Waals surface area contributed by atoms with Crippen molar-refractivity contribution < 1.29 is 0 Å². The molecule has 0 radical (unpaired) electrons. The zero-order valence-electron chi connectivity index (χ0n) is 12.3. The van der Waals surface area contributed by atoms with Crippen LogP contribution in [0.15, 0.2) is 30.3 Å². The predicted octanol–water partition coefficient (Wildman–Crippen LogP) is 2.86. The van der Waals surface area contributed by atoms with Crippen LogP contribution in [0.25, 0.3) is 0 Å². The maximum absolute atomic E-state index is 3.55. The Labute approximate surface area is 122 Å². The van der Waals surface area contributed by atoms with Gasteiger partial charge in [-0.3, -0.25) is 4.90 Å². The number of hydrogen-bond acceptors (Lipinski definition) is 2. The van der Waals surface area contributed by atoms with Crippen molar-refractivity contribution in [3.05, 3.63) is 35.9 Å². The number of rotatable bonds is 2. The lowest BCUT2D eigenvalue weighted by Gasteiger charge is -2.35. The molecule has 2 heteroatoms. The van der Waals surface area contributed by atoms with Crippen LogP contribution < -0.4 is 5.32 Å². The number of likely N-dealkylation sites (tertiary alicyclic amines) is 1. The molecule has 2 atom stereocenters. The van der Waals surface area contributed by atoms with Crippen molar-refractivity contribution in [2.45, 2.75) is 37.6 Å². The normalized spacial score (nSPS) is 38.0. The van der Waals surface area contributed by atoms with Gasteiger partial charge in [-0.05, 0) is 62.1 Å². The van der Waals surface area contributed by atoms with E-state index in [0.29, 0.717) is 0 Å². The van der Waals surface area contributed by atoms with E-state index in [0.717, 1.165) is 23.8 Å². The average molecular weight is 270 g/mol. The molecule has 4 rings (SSSR count). The highest BCUT2D eigenvalue weighted by Crippen LogP contribution is 2.37. The first-order chi connectivity index (χ1) is 9.90. The Hall–Kier alpha value is -0.860. The second-order valence-electron chi connectivity index (χ2n) is 7.05. The van der Waals surface area contributed by atoms with E-state index in [1.54, 1.807) is 5.56 Å². The molecule has 0 spiro atoms. The van der Waals surface area contributed by atoms with Crippen molar-refractivity contribution in [1.82, 2.24) is 10.2 Å². The van der Waals surface area contributed by atoms with Gasteiger partial charge in [0.1, 0.15) is 0 Å². The van der Waals surface area contributed by atoms with Crippen LogP contribution in [0.3, 0.4) is 0 Å². The molecule has 3 fully saturated rings. The molecular formula is C18H26N2. The summed E-state index contributed by atoms with van der Waals surface area (Å²) in [6.07, 6.45) is 5.59. The molecule has 1 aliphatic carbocycles. The second-order valence-corrected chi connectivity index (χ2v) is 7.05. The van der Waals surface area contributed by atoms with Crippen molar-refractivity contribution in [1.29, 1.82) is 0 Å².